The summed E-state index contributed by atoms with van der Waals surface area (Å²) < 4.78 is 5.25. The van der Waals surface area contributed by atoms with Gasteiger partial charge in [-0.3, -0.25) is 9.59 Å². The van der Waals surface area contributed by atoms with Crippen molar-refractivity contribution in [3.8, 4) is 0 Å². The molecule has 21 heavy (non-hydrogen) atoms. The number of furan rings is 1. The van der Waals surface area contributed by atoms with Crippen molar-refractivity contribution in [1.82, 2.24) is 4.90 Å². The zero-order valence-corrected chi connectivity index (χ0v) is 11.7. The normalized spacial score (nSPS) is 11.9. The van der Waals surface area contributed by atoms with E-state index in [2.05, 4.69) is 0 Å². The lowest BCUT2D eigenvalue weighted by atomic mass is 10.1. The second-order valence-electron chi connectivity index (χ2n) is 4.87. The molecule has 2 rings (SSSR count). The Morgan fingerprint density at radius 1 is 1.19 bits per heavy atom. The molecule has 2 aromatic rings. The number of aliphatic carboxylic acids is 1. The summed E-state index contributed by atoms with van der Waals surface area (Å²) in [4.78, 5) is 25.0. The Labute approximate surface area is 122 Å². The number of amides is 1. The van der Waals surface area contributed by atoms with E-state index in [9.17, 15) is 9.59 Å². The summed E-state index contributed by atoms with van der Waals surface area (Å²) in [5.74, 6) is -1.16. The predicted octanol–water partition coefficient (Wildman–Crippen LogP) is 2.64. The zero-order valence-electron chi connectivity index (χ0n) is 11.7. The summed E-state index contributed by atoms with van der Waals surface area (Å²) in [5.41, 5.74) is 0.529. The van der Waals surface area contributed by atoms with Crippen LogP contribution in [-0.4, -0.2) is 28.4 Å². The molecule has 0 bridgehead atoms. The molecule has 0 saturated heterocycles. The molecule has 5 nitrogen and oxygen atoms in total. The number of rotatable bonds is 6. The van der Waals surface area contributed by atoms with Gasteiger partial charge in [0.25, 0.3) is 5.91 Å². The Hall–Kier alpha value is -2.56. The molecule has 0 fully saturated rings. The van der Waals surface area contributed by atoms with Gasteiger partial charge < -0.3 is 14.4 Å². The lowest BCUT2D eigenvalue weighted by Crippen LogP contribution is -2.36. The van der Waals surface area contributed by atoms with Crippen molar-refractivity contribution in [2.45, 2.75) is 13.5 Å². The summed E-state index contributed by atoms with van der Waals surface area (Å²) in [6.45, 7) is 1.96. The molecule has 0 aliphatic carbocycles. The van der Waals surface area contributed by atoms with Crippen molar-refractivity contribution in [2.75, 3.05) is 6.54 Å². The minimum Gasteiger partial charge on any atom is -0.481 e. The van der Waals surface area contributed by atoms with E-state index >= 15 is 0 Å². The van der Waals surface area contributed by atoms with Crippen LogP contribution in [0.2, 0.25) is 0 Å². The van der Waals surface area contributed by atoms with Crippen LogP contribution < -0.4 is 0 Å². The number of carboxylic acid groups (broad SMARTS) is 1. The average Bonchev–Trinajstić information content (AvgIpc) is 2.99. The van der Waals surface area contributed by atoms with E-state index in [-0.39, 0.29) is 19.0 Å². The van der Waals surface area contributed by atoms with Crippen LogP contribution in [0.3, 0.4) is 0 Å². The van der Waals surface area contributed by atoms with Gasteiger partial charge in [-0.25, -0.2) is 0 Å². The smallest absolute Gasteiger partial charge is 0.308 e. The minimum absolute atomic E-state index is 0.129. The van der Waals surface area contributed by atoms with Crippen LogP contribution in [0.1, 0.15) is 23.0 Å². The van der Waals surface area contributed by atoms with Crippen molar-refractivity contribution in [3.05, 3.63) is 60.1 Å². The van der Waals surface area contributed by atoms with E-state index in [1.165, 1.54) is 11.2 Å². The Balaban J connectivity index is 2.18. The number of carbonyl (C=O) groups excluding carboxylic acids is 1. The number of hydrogen-bond donors (Lipinski definition) is 1. The molecule has 0 saturated carbocycles. The van der Waals surface area contributed by atoms with Gasteiger partial charge in [-0.05, 0) is 24.3 Å². The monoisotopic (exact) mass is 287 g/mol. The average molecular weight is 287 g/mol. The van der Waals surface area contributed by atoms with Gasteiger partial charge in [-0.15, -0.1) is 0 Å². The minimum atomic E-state index is -0.930. The molecule has 1 heterocycles. The lowest BCUT2D eigenvalue weighted by Gasteiger charge is -2.23. The van der Waals surface area contributed by atoms with Crippen molar-refractivity contribution in [1.29, 1.82) is 0 Å². The molecular weight excluding hydrogens is 270 g/mol. The maximum absolute atomic E-state index is 12.5. The van der Waals surface area contributed by atoms with E-state index in [4.69, 9.17) is 9.52 Å². The van der Waals surface area contributed by atoms with Gasteiger partial charge in [0.05, 0.1) is 18.7 Å². The van der Waals surface area contributed by atoms with E-state index < -0.39 is 11.9 Å². The van der Waals surface area contributed by atoms with Gasteiger partial charge in [-0.1, -0.05) is 25.1 Å². The van der Waals surface area contributed by atoms with E-state index in [1.807, 2.05) is 6.07 Å². The summed E-state index contributed by atoms with van der Waals surface area (Å²) in [6, 6.07) is 12.3. The quantitative estimate of drug-likeness (QED) is 0.886. The second kappa shape index (κ2) is 6.74. The first kappa shape index (κ1) is 14.8. The number of nitrogens with zero attached hydrogens (tertiary/aromatic N) is 1. The highest BCUT2D eigenvalue weighted by molar-refractivity contribution is 5.94. The van der Waals surface area contributed by atoms with Crippen molar-refractivity contribution >= 4 is 11.9 Å². The summed E-state index contributed by atoms with van der Waals surface area (Å²) in [5, 5.41) is 9.05. The van der Waals surface area contributed by atoms with Crippen LogP contribution in [0, 0.1) is 5.92 Å². The van der Waals surface area contributed by atoms with Crippen LogP contribution in [-0.2, 0) is 11.3 Å². The Bertz CT molecular complexity index is 592. The molecular formula is C16H17NO4. The molecule has 1 unspecified atom stereocenters. The van der Waals surface area contributed by atoms with Crippen molar-refractivity contribution in [2.24, 2.45) is 5.92 Å². The van der Waals surface area contributed by atoms with E-state index in [0.717, 1.165) is 0 Å². The van der Waals surface area contributed by atoms with Gasteiger partial charge in [0.15, 0.2) is 0 Å². The fourth-order valence-electron chi connectivity index (χ4n) is 1.98. The maximum Gasteiger partial charge on any atom is 0.308 e. The van der Waals surface area contributed by atoms with Crippen molar-refractivity contribution < 1.29 is 19.1 Å². The maximum atomic E-state index is 12.5. The van der Waals surface area contributed by atoms with Crippen molar-refractivity contribution in [3.63, 3.8) is 0 Å². The second-order valence-corrected chi connectivity index (χ2v) is 4.87. The van der Waals surface area contributed by atoms with Gasteiger partial charge in [0.2, 0.25) is 0 Å². The molecule has 0 aliphatic heterocycles. The van der Waals surface area contributed by atoms with E-state index in [0.29, 0.717) is 11.3 Å². The molecule has 1 aromatic heterocycles. The first-order valence-electron chi connectivity index (χ1n) is 6.67. The first-order valence-corrected chi connectivity index (χ1v) is 6.67. The summed E-state index contributed by atoms with van der Waals surface area (Å²) >= 11 is 0. The zero-order chi connectivity index (χ0) is 15.2. The predicted molar refractivity (Wildman–Crippen MR) is 76.7 cm³/mol. The highest BCUT2D eigenvalue weighted by Crippen LogP contribution is 2.13. The van der Waals surface area contributed by atoms with Crippen LogP contribution >= 0.6 is 0 Å². The molecule has 0 aliphatic rings. The molecule has 110 valence electrons. The fourth-order valence-corrected chi connectivity index (χ4v) is 1.98. The molecule has 1 aromatic carbocycles. The van der Waals surface area contributed by atoms with Gasteiger partial charge in [-0.2, -0.15) is 0 Å². The van der Waals surface area contributed by atoms with Crippen LogP contribution in [0.15, 0.2) is 53.1 Å². The first-order chi connectivity index (χ1) is 10.1. The molecule has 0 radical (unpaired) electrons. The van der Waals surface area contributed by atoms with Gasteiger partial charge >= 0.3 is 5.97 Å². The Morgan fingerprint density at radius 3 is 2.48 bits per heavy atom. The lowest BCUT2D eigenvalue weighted by molar-refractivity contribution is -0.141. The summed E-state index contributed by atoms with van der Waals surface area (Å²) in [7, 11) is 0. The third kappa shape index (κ3) is 3.95. The largest absolute Gasteiger partial charge is 0.481 e. The fraction of sp³-hybridized carbons (Fsp3) is 0.250. The number of carbonyl (C=O) groups is 2. The van der Waals surface area contributed by atoms with Crippen LogP contribution in [0.5, 0.6) is 0 Å². The highest BCUT2D eigenvalue weighted by Gasteiger charge is 2.22. The number of carboxylic acids is 1. The molecule has 0 spiro atoms. The third-order valence-corrected chi connectivity index (χ3v) is 3.15. The van der Waals surface area contributed by atoms with Gasteiger partial charge in [0.1, 0.15) is 5.76 Å². The molecule has 5 heteroatoms. The Kier molecular flexibility index (Phi) is 4.77. The molecule has 1 amide bonds. The van der Waals surface area contributed by atoms with Crippen LogP contribution in [0.25, 0.3) is 0 Å². The standard InChI is InChI=1S/C16H17NO4/c1-12(16(19)20)10-17(11-14-8-5-9-21-14)15(18)13-6-3-2-4-7-13/h2-9,12H,10-11H2,1H3,(H,19,20). The molecule has 1 atom stereocenters. The SMILES string of the molecule is CC(CN(Cc1ccco1)C(=O)c1ccccc1)C(=O)O. The van der Waals surface area contributed by atoms with Crippen LogP contribution in [0.4, 0.5) is 0 Å². The third-order valence-electron chi connectivity index (χ3n) is 3.15. The Morgan fingerprint density at radius 2 is 1.90 bits per heavy atom. The number of benzene rings is 1. The topological polar surface area (TPSA) is 70.8 Å². The van der Waals surface area contributed by atoms with E-state index in [1.54, 1.807) is 43.3 Å². The number of hydrogen-bond acceptors (Lipinski definition) is 3. The highest BCUT2D eigenvalue weighted by atomic mass is 16.4. The molecule has 1 N–H and O–H groups in total. The van der Waals surface area contributed by atoms with Gasteiger partial charge in [0, 0.05) is 12.1 Å². The summed E-state index contributed by atoms with van der Waals surface area (Å²) in [6.07, 6.45) is 1.53.